The Bertz CT molecular complexity index is 435. The predicted octanol–water partition coefficient (Wildman–Crippen LogP) is 3.63. The summed E-state index contributed by atoms with van der Waals surface area (Å²) in [5, 5.41) is 0. The molecule has 2 rings (SSSR count). The summed E-state index contributed by atoms with van der Waals surface area (Å²) in [5.41, 5.74) is -0.965. The maximum absolute atomic E-state index is 12.8. The Kier molecular flexibility index (Phi) is 4.06. The zero-order valence-electron chi connectivity index (χ0n) is 12.1. The molecule has 2 aliphatic carbocycles. The van der Waals surface area contributed by atoms with Crippen LogP contribution in [0.25, 0.3) is 0 Å². The molecule has 19 heavy (non-hydrogen) atoms. The van der Waals surface area contributed by atoms with E-state index < -0.39 is 13.0 Å². The van der Waals surface area contributed by atoms with Gasteiger partial charge in [0.1, 0.15) is 0 Å². The lowest BCUT2D eigenvalue weighted by Crippen LogP contribution is -2.38. The molecule has 1 saturated carbocycles. The van der Waals surface area contributed by atoms with Gasteiger partial charge in [-0.3, -0.25) is 9.36 Å². The van der Waals surface area contributed by atoms with Gasteiger partial charge in [0.15, 0.2) is 0 Å². The van der Waals surface area contributed by atoms with Gasteiger partial charge >= 0.3 is 7.60 Å². The first-order chi connectivity index (χ1) is 8.90. The van der Waals surface area contributed by atoms with Crippen LogP contribution in [0.2, 0.25) is 0 Å². The molecule has 4 atom stereocenters. The first kappa shape index (κ1) is 15.0. The van der Waals surface area contributed by atoms with Crippen molar-refractivity contribution in [1.82, 2.24) is 0 Å². The van der Waals surface area contributed by atoms with E-state index in [2.05, 4.69) is 19.1 Å². The molecule has 0 saturated heterocycles. The molecule has 5 heteroatoms. The summed E-state index contributed by atoms with van der Waals surface area (Å²) in [6.07, 6.45) is 5.24. The summed E-state index contributed by atoms with van der Waals surface area (Å²) in [6, 6.07) is 0. The van der Waals surface area contributed by atoms with Gasteiger partial charge in [-0.2, -0.15) is 0 Å². The summed E-state index contributed by atoms with van der Waals surface area (Å²) < 4.78 is 23.2. The van der Waals surface area contributed by atoms with Gasteiger partial charge in [0.25, 0.3) is 5.52 Å². The number of carbonyl (C=O) groups excluding carboxylic acids is 1. The minimum absolute atomic E-state index is 0.161. The van der Waals surface area contributed by atoms with E-state index in [4.69, 9.17) is 9.05 Å². The number of rotatable bonds is 6. The second kappa shape index (κ2) is 5.16. The van der Waals surface area contributed by atoms with E-state index in [9.17, 15) is 9.36 Å². The molecule has 108 valence electrons. The average molecular weight is 286 g/mol. The maximum atomic E-state index is 12.8. The quantitative estimate of drug-likeness (QED) is 0.552. The molecule has 2 bridgehead atoms. The van der Waals surface area contributed by atoms with Crippen LogP contribution in [0.15, 0.2) is 12.2 Å². The van der Waals surface area contributed by atoms with E-state index in [1.165, 1.54) is 0 Å². The molecular weight excluding hydrogens is 263 g/mol. The lowest BCUT2D eigenvalue weighted by molar-refractivity contribution is -0.125. The molecule has 0 amide bonds. The van der Waals surface area contributed by atoms with E-state index in [0.29, 0.717) is 5.92 Å². The fourth-order valence-electron chi connectivity index (χ4n) is 3.47. The second-order valence-corrected chi connectivity index (χ2v) is 7.52. The van der Waals surface area contributed by atoms with Gasteiger partial charge in [0.05, 0.1) is 13.2 Å². The van der Waals surface area contributed by atoms with Crippen LogP contribution in [0.5, 0.6) is 0 Å². The molecule has 2 aliphatic rings. The SMILES string of the molecule is CCOP(=O)(OCC)C(=O)[C@]1(C)[C@@H]2C=C[C@@H](C2)[C@H]1C. The molecule has 0 unspecified atom stereocenters. The van der Waals surface area contributed by atoms with Crippen LogP contribution in [-0.4, -0.2) is 18.7 Å². The van der Waals surface area contributed by atoms with Crippen molar-refractivity contribution in [3.63, 3.8) is 0 Å². The van der Waals surface area contributed by atoms with Crippen LogP contribution < -0.4 is 0 Å². The number of carbonyl (C=O) groups is 1. The van der Waals surface area contributed by atoms with Crippen molar-refractivity contribution < 1.29 is 18.4 Å². The third kappa shape index (κ3) is 2.14. The highest BCUT2D eigenvalue weighted by Gasteiger charge is 2.60. The Morgan fingerprint density at radius 1 is 1.32 bits per heavy atom. The Labute approximate surface area is 115 Å². The first-order valence-electron chi connectivity index (χ1n) is 7.02. The Balaban J connectivity index is 2.32. The maximum Gasteiger partial charge on any atom is 0.397 e. The van der Waals surface area contributed by atoms with Crippen LogP contribution >= 0.6 is 7.60 Å². The van der Waals surface area contributed by atoms with Gasteiger partial charge in [-0.05, 0) is 38.0 Å². The summed E-state index contributed by atoms with van der Waals surface area (Å²) in [4.78, 5) is 12.8. The molecule has 0 heterocycles. The zero-order valence-corrected chi connectivity index (χ0v) is 13.0. The monoisotopic (exact) mass is 286 g/mol. The summed E-state index contributed by atoms with van der Waals surface area (Å²) in [6.45, 7) is 7.87. The third-order valence-electron chi connectivity index (χ3n) is 4.78. The summed E-state index contributed by atoms with van der Waals surface area (Å²) in [7, 11) is -3.67. The summed E-state index contributed by atoms with van der Waals surface area (Å²) >= 11 is 0. The third-order valence-corrected chi connectivity index (χ3v) is 6.96. The lowest BCUT2D eigenvalue weighted by Gasteiger charge is -2.36. The van der Waals surface area contributed by atoms with Crippen LogP contribution in [0.3, 0.4) is 0 Å². The van der Waals surface area contributed by atoms with E-state index in [1.807, 2.05) is 6.92 Å². The Morgan fingerprint density at radius 2 is 1.89 bits per heavy atom. The molecule has 0 N–H and O–H groups in total. The number of allylic oxidation sites excluding steroid dienone is 2. The van der Waals surface area contributed by atoms with Gasteiger partial charge in [0, 0.05) is 5.41 Å². The van der Waals surface area contributed by atoms with Crippen molar-refractivity contribution in [3.8, 4) is 0 Å². The minimum atomic E-state index is -3.67. The molecule has 4 nitrogen and oxygen atoms in total. The van der Waals surface area contributed by atoms with Crippen molar-refractivity contribution in [2.75, 3.05) is 13.2 Å². The fourth-order valence-corrected chi connectivity index (χ4v) is 5.42. The Morgan fingerprint density at radius 3 is 2.32 bits per heavy atom. The number of hydrogen-bond donors (Lipinski definition) is 0. The fraction of sp³-hybridized carbons (Fsp3) is 0.786. The highest BCUT2D eigenvalue weighted by molar-refractivity contribution is 7.72. The predicted molar refractivity (Wildman–Crippen MR) is 73.9 cm³/mol. The molecule has 0 aromatic rings. The molecule has 0 spiro atoms. The number of fused-ring (bicyclic) bond motifs is 2. The smallest absolute Gasteiger partial charge is 0.303 e. The molecule has 0 aliphatic heterocycles. The normalized spacial score (nSPS) is 36.9. The van der Waals surface area contributed by atoms with Gasteiger partial charge in [-0.15, -0.1) is 0 Å². The topological polar surface area (TPSA) is 52.6 Å². The van der Waals surface area contributed by atoms with Gasteiger partial charge in [-0.25, -0.2) is 0 Å². The molecular formula is C14H23O4P. The molecule has 0 aromatic carbocycles. The van der Waals surface area contributed by atoms with Gasteiger partial charge in [-0.1, -0.05) is 26.0 Å². The van der Waals surface area contributed by atoms with Crippen LogP contribution in [0.1, 0.15) is 34.1 Å². The van der Waals surface area contributed by atoms with Crippen molar-refractivity contribution in [3.05, 3.63) is 12.2 Å². The van der Waals surface area contributed by atoms with E-state index in [1.54, 1.807) is 13.8 Å². The van der Waals surface area contributed by atoms with Crippen LogP contribution in [-0.2, 0) is 18.4 Å². The van der Waals surface area contributed by atoms with E-state index >= 15 is 0 Å². The van der Waals surface area contributed by atoms with Gasteiger partial charge < -0.3 is 9.05 Å². The standard InChI is InChI=1S/C14H23O4P/c1-5-17-19(16,18-6-2)13(15)14(4)10(3)11-7-8-12(14)9-11/h7-8,10-12H,5-6,9H2,1-4H3/t10-,11+,12-,14+/m1/s1. The molecule has 1 fully saturated rings. The van der Waals surface area contributed by atoms with Crippen molar-refractivity contribution in [2.45, 2.75) is 34.1 Å². The highest BCUT2D eigenvalue weighted by atomic mass is 31.2. The van der Waals surface area contributed by atoms with Crippen LogP contribution in [0.4, 0.5) is 0 Å². The summed E-state index contributed by atoms with van der Waals surface area (Å²) in [5.74, 6) is 0.758. The van der Waals surface area contributed by atoms with E-state index in [-0.39, 0.29) is 30.6 Å². The number of hydrogen-bond acceptors (Lipinski definition) is 4. The minimum Gasteiger partial charge on any atom is -0.303 e. The Hall–Kier alpha value is -0.440. The van der Waals surface area contributed by atoms with Crippen molar-refractivity contribution in [2.24, 2.45) is 23.2 Å². The second-order valence-electron chi connectivity index (χ2n) is 5.60. The molecule has 0 aromatic heterocycles. The van der Waals surface area contributed by atoms with Crippen molar-refractivity contribution >= 4 is 13.1 Å². The molecule has 0 radical (unpaired) electrons. The van der Waals surface area contributed by atoms with E-state index in [0.717, 1.165) is 6.42 Å². The van der Waals surface area contributed by atoms with Crippen molar-refractivity contribution in [1.29, 1.82) is 0 Å². The largest absolute Gasteiger partial charge is 0.397 e. The lowest BCUT2D eigenvalue weighted by atomic mass is 9.72. The zero-order chi connectivity index (χ0) is 14.3. The first-order valence-corrected chi connectivity index (χ1v) is 8.56. The van der Waals surface area contributed by atoms with Crippen LogP contribution in [0, 0.1) is 23.2 Å². The highest BCUT2D eigenvalue weighted by Crippen LogP contribution is 2.64. The average Bonchev–Trinajstić information content (AvgIpc) is 2.93. The van der Waals surface area contributed by atoms with Gasteiger partial charge in [0.2, 0.25) is 0 Å².